The molecule has 2 heterocycles. The number of alkyl halides is 1. The minimum Gasteiger partial charge on any atom is -0.384 e. The fourth-order valence-electron chi connectivity index (χ4n) is 2.15. The third-order valence-electron chi connectivity index (χ3n) is 2.95. The van der Waals surface area contributed by atoms with Gasteiger partial charge < -0.3 is 9.64 Å². The molecule has 1 fully saturated rings. The number of methoxy groups -OCH3 is 1. The normalized spacial score (nSPS) is 20.9. The van der Waals surface area contributed by atoms with Crippen molar-refractivity contribution in [2.75, 3.05) is 31.7 Å². The third kappa shape index (κ3) is 3.25. The summed E-state index contributed by atoms with van der Waals surface area (Å²) in [6, 6.07) is 0. The van der Waals surface area contributed by atoms with Crippen LogP contribution < -0.4 is 4.90 Å². The van der Waals surface area contributed by atoms with Crippen LogP contribution in [0.1, 0.15) is 17.7 Å². The molecule has 0 spiro atoms. The molecule has 1 unspecified atom stereocenters. The monoisotopic (exact) mass is 294 g/mol. The van der Waals surface area contributed by atoms with E-state index >= 15 is 0 Å². The summed E-state index contributed by atoms with van der Waals surface area (Å²) in [5, 5.41) is 1.54. The molecule has 0 aromatic carbocycles. The molecule has 1 aromatic heterocycles. The molecule has 0 bridgehead atoms. The van der Waals surface area contributed by atoms with Crippen molar-refractivity contribution in [2.24, 2.45) is 5.92 Å². The first-order chi connectivity index (χ1) is 8.24. The SMILES string of the molecule is COCC1CCCN(c2nc(Cl)c(CCl)s2)C1. The van der Waals surface area contributed by atoms with Gasteiger partial charge in [0.25, 0.3) is 0 Å². The Bertz CT molecular complexity index is 370. The smallest absolute Gasteiger partial charge is 0.187 e. The number of hydrogen-bond acceptors (Lipinski definition) is 4. The van der Waals surface area contributed by atoms with Crippen molar-refractivity contribution < 1.29 is 4.74 Å². The second-order valence-corrected chi connectivity index (χ2v) is 5.94. The molecule has 96 valence electrons. The first-order valence-corrected chi connectivity index (χ1v) is 7.42. The molecule has 0 amide bonds. The van der Waals surface area contributed by atoms with Crippen LogP contribution in [-0.2, 0) is 10.6 Å². The van der Waals surface area contributed by atoms with E-state index in [1.165, 1.54) is 12.8 Å². The summed E-state index contributed by atoms with van der Waals surface area (Å²) in [4.78, 5) is 7.63. The lowest BCUT2D eigenvalue weighted by molar-refractivity contribution is 0.143. The van der Waals surface area contributed by atoms with Gasteiger partial charge in [-0.3, -0.25) is 0 Å². The molecule has 1 aliphatic rings. The molecule has 1 saturated heterocycles. The van der Waals surface area contributed by atoms with E-state index in [4.69, 9.17) is 27.9 Å². The van der Waals surface area contributed by atoms with Crippen molar-refractivity contribution in [2.45, 2.75) is 18.7 Å². The fraction of sp³-hybridized carbons (Fsp3) is 0.727. The molecule has 6 heteroatoms. The Morgan fingerprint density at radius 1 is 1.59 bits per heavy atom. The van der Waals surface area contributed by atoms with E-state index in [0.29, 0.717) is 17.0 Å². The summed E-state index contributed by atoms with van der Waals surface area (Å²) in [6.07, 6.45) is 2.41. The van der Waals surface area contributed by atoms with Crippen LogP contribution in [0.3, 0.4) is 0 Å². The first-order valence-electron chi connectivity index (χ1n) is 5.69. The summed E-state index contributed by atoms with van der Waals surface area (Å²) in [6.45, 7) is 2.86. The average Bonchev–Trinajstić information content (AvgIpc) is 2.71. The number of piperidine rings is 1. The fourth-order valence-corrected chi connectivity index (χ4v) is 3.66. The van der Waals surface area contributed by atoms with Gasteiger partial charge in [-0.15, -0.1) is 11.6 Å². The number of rotatable bonds is 4. The molecule has 1 aliphatic heterocycles. The van der Waals surface area contributed by atoms with Crippen molar-refractivity contribution >= 4 is 39.7 Å². The zero-order valence-electron chi connectivity index (χ0n) is 9.79. The second-order valence-electron chi connectivity index (χ2n) is 4.25. The van der Waals surface area contributed by atoms with E-state index in [-0.39, 0.29) is 0 Å². The summed E-state index contributed by atoms with van der Waals surface area (Å²) in [5.41, 5.74) is 0. The van der Waals surface area contributed by atoms with Crippen molar-refractivity contribution in [3.05, 3.63) is 10.0 Å². The van der Waals surface area contributed by atoms with Gasteiger partial charge in [0.05, 0.1) is 17.4 Å². The first kappa shape index (κ1) is 13.4. The minimum atomic E-state index is 0.436. The molecule has 2 rings (SSSR count). The molecule has 17 heavy (non-hydrogen) atoms. The molecule has 0 saturated carbocycles. The number of aromatic nitrogens is 1. The van der Waals surface area contributed by atoms with Crippen LogP contribution in [0.15, 0.2) is 0 Å². The highest BCUT2D eigenvalue weighted by atomic mass is 35.5. The van der Waals surface area contributed by atoms with Gasteiger partial charge in [0.1, 0.15) is 5.15 Å². The molecule has 1 atom stereocenters. The number of halogens is 2. The largest absolute Gasteiger partial charge is 0.384 e. The van der Waals surface area contributed by atoms with Crippen molar-refractivity contribution in [1.29, 1.82) is 0 Å². The zero-order valence-corrected chi connectivity index (χ0v) is 12.1. The third-order valence-corrected chi connectivity index (χ3v) is 4.92. The van der Waals surface area contributed by atoms with Gasteiger partial charge >= 0.3 is 0 Å². The molecule has 1 aromatic rings. The van der Waals surface area contributed by atoms with Crippen LogP contribution in [0, 0.1) is 5.92 Å². The lowest BCUT2D eigenvalue weighted by Gasteiger charge is -2.32. The van der Waals surface area contributed by atoms with Crippen LogP contribution in [0.2, 0.25) is 5.15 Å². The second kappa shape index (κ2) is 6.23. The summed E-state index contributed by atoms with van der Waals surface area (Å²) in [7, 11) is 1.75. The van der Waals surface area contributed by atoms with E-state index in [2.05, 4.69) is 9.88 Å². The van der Waals surface area contributed by atoms with Crippen LogP contribution in [0.25, 0.3) is 0 Å². The molecule has 3 nitrogen and oxygen atoms in total. The summed E-state index contributed by atoms with van der Waals surface area (Å²) < 4.78 is 5.22. The predicted octanol–water partition coefficient (Wildman–Crippen LogP) is 3.40. The Hall–Kier alpha value is -0.0300. The van der Waals surface area contributed by atoms with E-state index in [0.717, 1.165) is 29.7 Å². The van der Waals surface area contributed by atoms with Crippen LogP contribution >= 0.6 is 34.5 Å². The van der Waals surface area contributed by atoms with Crippen molar-refractivity contribution in [1.82, 2.24) is 4.98 Å². The van der Waals surface area contributed by atoms with E-state index in [9.17, 15) is 0 Å². The number of hydrogen-bond donors (Lipinski definition) is 0. The van der Waals surface area contributed by atoms with Gasteiger partial charge in [-0.25, -0.2) is 4.98 Å². The minimum absolute atomic E-state index is 0.436. The molecular formula is C11H16Cl2N2OS. The lowest BCUT2D eigenvalue weighted by atomic mass is 9.99. The van der Waals surface area contributed by atoms with E-state index < -0.39 is 0 Å². The molecule has 0 N–H and O–H groups in total. The molecular weight excluding hydrogens is 279 g/mol. The maximum atomic E-state index is 6.03. The zero-order chi connectivity index (χ0) is 12.3. The van der Waals surface area contributed by atoms with Crippen LogP contribution in [0.4, 0.5) is 5.13 Å². The van der Waals surface area contributed by atoms with Crippen LogP contribution in [-0.4, -0.2) is 31.8 Å². The highest BCUT2D eigenvalue weighted by molar-refractivity contribution is 7.16. The van der Waals surface area contributed by atoms with Gasteiger partial charge in [0.2, 0.25) is 0 Å². The highest BCUT2D eigenvalue weighted by Crippen LogP contribution is 2.33. The number of nitrogens with zero attached hydrogens (tertiary/aromatic N) is 2. The topological polar surface area (TPSA) is 25.4 Å². The maximum absolute atomic E-state index is 6.03. The summed E-state index contributed by atoms with van der Waals surface area (Å²) >= 11 is 13.4. The maximum Gasteiger partial charge on any atom is 0.187 e. The van der Waals surface area contributed by atoms with Gasteiger partial charge in [-0.2, -0.15) is 0 Å². The lowest BCUT2D eigenvalue weighted by Crippen LogP contribution is -2.37. The van der Waals surface area contributed by atoms with Gasteiger partial charge in [-0.05, 0) is 18.8 Å². The van der Waals surface area contributed by atoms with Gasteiger partial charge in [0, 0.05) is 20.2 Å². The standard InChI is InChI=1S/C11H16Cl2N2OS/c1-16-7-8-3-2-4-15(6-8)11-14-10(13)9(5-12)17-11/h8H,2-7H2,1H3. The Morgan fingerprint density at radius 3 is 3.06 bits per heavy atom. The Balaban J connectivity index is 2.05. The highest BCUT2D eigenvalue weighted by Gasteiger charge is 2.23. The quantitative estimate of drug-likeness (QED) is 0.796. The predicted molar refractivity (Wildman–Crippen MR) is 73.5 cm³/mol. The van der Waals surface area contributed by atoms with Gasteiger partial charge in [-0.1, -0.05) is 22.9 Å². The molecule has 0 radical (unpaired) electrons. The van der Waals surface area contributed by atoms with Crippen molar-refractivity contribution in [3.8, 4) is 0 Å². The Morgan fingerprint density at radius 2 is 2.41 bits per heavy atom. The Labute approximate surface area is 116 Å². The van der Waals surface area contributed by atoms with Gasteiger partial charge in [0.15, 0.2) is 5.13 Å². The summed E-state index contributed by atoms with van der Waals surface area (Å²) in [5.74, 6) is 1.03. The van der Waals surface area contributed by atoms with E-state index in [1.54, 1.807) is 18.4 Å². The number of ether oxygens (including phenoxy) is 1. The average molecular weight is 295 g/mol. The van der Waals surface area contributed by atoms with Crippen LogP contribution in [0.5, 0.6) is 0 Å². The number of thiazole rings is 1. The molecule has 0 aliphatic carbocycles. The van der Waals surface area contributed by atoms with Crippen molar-refractivity contribution in [3.63, 3.8) is 0 Å². The van der Waals surface area contributed by atoms with E-state index in [1.807, 2.05) is 0 Å². The Kier molecular flexibility index (Phi) is 4.91. The number of anilines is 1.